The predicted octanol–water partition coefficient (Wildman–Crippen LogP) is 2.89. The summed E-state index contributed by atoms with van der Waals surface area (Å²) in [5, 5.41) is 8.98. The number of hydrogen-bond donors (Lipinski definition) is 2. The molecule has 1 rings (SSSR count). The van der Waals surface area contributed by atoms with Gasteiger partial charge in [0.25, 0.3) is 5.92 Å². The Morgan fingerprint density at radius 1 is 1.21 bits per heavy atom. The zero-order valence-electron chi connectivity index (χ0n) is 15.2. The van der Waals surface area contributed by atoms with E-state index in [1.165, 1.54) is 0 Å². The summed E-state index contributed by atoms with van der Waals surface area (Å²) >= 11 is 0. The van der Waals surface area contributed by atoms with E-state index in [2.05, 4.69) is 15.7 Å². The number of carbonyl (C=O) groups excluding carboxylic acids is 1. The number of nitrogens with one attached hydrogen (secondary N) is 2. The Kier molecular flexibility index (Phi) is 6.32. The van der Waals surface area contributed by atoms with E-state index in [1.54, 1.807) is 31.6 Å². The Balaban J connectivity index is 2.37. The van der Waals surface area contributed by atoms with E-state index in [9.17, 15) is 13.6 Å². The van der Waals surface area contributed by atoms with Gasteiger partial charge in [-0.05, 0) is 41.5 Å². The van der Waals surface area contributed by atoms with Crippen LogP contribution in [0.1, 0.15) is 47.1 Å². The molecule has 0 atom stereocenters. The highest BCUT2D eigenvalue weighted by atomic mass is 19.3. The van der Waals surface area contributed by atoms with Gasteiger partial charge in [-0.1, -0.05) is 0 Å². The van der Waals surface area contributed by atoms with Crippen LogP contribution in [0.5, 0.6) is 0 Å². The van der Waals surface area contributed by atoms with Crippen molar-refractivity contribution in [3.63, 3.8) is 0 Å². The monoisotopic (exact) mass is 346 g/mol. The molecule has 6 nitrogen and oxygen atoms in total. The van der Waals surface area contributed by atoms with E-state index in [0.717, 1.165) is 5.56 Å². The Hall–Kier alpha value is -1.70. The summed E-state index contributed by atoms with van der Waals surface area (Å²) in [5.41, 5.74) is -0.0505. The maximum Gasteiger partial charge on any atom is 0.407 e. The molecule has 138 valence electrons. The molecule has 0 aromatic carbocycles. The summed E-state index contributed by atoms with van der Waals surface area (Å²) in [6.07, 6.45) is 2.62. The molecule has 0 aliphatic rings. The van der Waals surface area contributed by atoms with E-state index in [4.69, 9.17) is 4.74 Å². The molecular weight excluding hydrogens is 318 g/mol. The van der Waals surface area contributed by atoms with Crippen LogP contribution in [0.25, 0.3) is 0 Å². The molecule has 0 radical (unpaired) electrons. The first kappa shape index (κ1) is 20.3. The van der Waals surface area contributed by atoms with Crippen LogP contribution in [0.2, 0.25) is 0 Å². The van der Waals surface area contributed by atoms with Crippen LogP contribution in [-0.4, -0.2) is 40.5 Å². The van der Waals surface area contributed by atoms with E-state index >= 15 is 0 Å². The number of nitrogens with zero attached hydrogens (tertiary/aromatic N) is 2. The molecule has 0 fully saturated rings. The number of aromatic nitrogens is 2. The molecule has 8 heteroatoms. The van der Waals surface area contributed by atoms with Crippen molar-refractivity contribution in [2.45, 2.75) is 65.1 Å². The summed E-state index contributed by atoms with van der Waals surface area (Å²) in [4.78, 5) is 11.4. The van der Waals surface area contributed by atoms with Crippen LogP contribution in [0.3, 0.4) is 0 Å². The quantitative estimate of drug-likeness (QED) is 0.831. The van der Waals surface area contributed by atoms with Gasteiger partial charge in [0.05, 0.1) is 24.8 Å². The third-order valence-corrected chi connectivity index (χ3v) is 2.93. The molecule has 1 aromatic heterocycles. The van der Waals surface area contributed by atoms with Crippen molar-refractivity contribution in [3.8, 4) is 0 Å². The highest BCUT2D eigenvalue weighted by Crippen LogP contribution is 2.14. The van der Waals surface area contributed by atoms with Crippen LogP contribution >= 0.6 is 0 Å². The maximum absolute atomic E-state index is 13.8. The SMILES string of the molecule is CC(C)(C)OC(=O)NCC(F)(F)CNCc1cnn(C(C)(C)C)c1. The van der Waals surface area contributed by atoms with Gasteiger partial charge in [-0.15, -0.1) is 0 Å². The zero-order chi connectivity index (χ0) is 18.6. The second kappa shape index (κ2) is 7.46. The zero-order valence-corrected chi connectivity index (χ0v) is 15.2. The fraction of sp³-hybridized carbons (Fsp3) is 0.750. The van der Waals surface area contributed by atoms with Crippen LogP contribution in [-0.2, 0) is 16.8 Å². The minimum Gasteiger partial charge on any atom is -0.444 e. The molecule has 1 aromatic rings. The second-order valence-electron chi connectivity index (χ2n) is 7.78. The number of alkyl carbamates (subject to hydrolysis) is 1. The van der Waals surface area contributed by atoms with Crippen molar-refractivity contribution >= 4 is 6.09 Å². The summed E-state index contributed by atoms with van der Waals surface area (Å²) < 4.78 is 34.2. The Morgan fingerprint density at radius 3 is 2.33 bits per heavy atom. The average Bonchev–Trinajstić information content (AvgIpc) is 2.83. The molecule has 0 unspecified atom stereocenters. The summed E-state index contributed by atoms with van der Waals surface area (Å²) in [7, 11) is 0. The minimum atomic E-state index is -3.07. The number of rotatable bonds is 6. The lowest BCUT2D eigenvalue weighted by Crippen LogP contribution is -2.44. The van der Waals surface area contributed by atoms with Gasteiger partial charge in [-0.3, -0.25) is 4.68 Å². The van der Waals surface area contributed by atoms with Crippen LogP contribution in [0.4, 0.5) is 13.6 Å². The van der Waals surface area contributed by atoms with Crippen molar-refractivity contribution < 1.29 is 18.3 Å². The Morgan fingerprint density at radius 2 is 1.83 bits per heavy atom. The molecule has 1 heterocycles. The number of carbonyl (C=O) groups is 1. The Bertz CT molecular complexity index is 545. The first-order valence-corrected chi connectivity index (χ1v) is 7.88. The largest absolute Gasteiger partial charge is 0.444 e. The highest BCUT2D eigenvalue weighted by molar-refractivity contribution is 5.67. The third-order valence-electron chi connectivity index (χ3n) is 2.93. The summed E-state index contributed by atoms with van der Waals surface area (Å²) in [6.45, 7) is 9.98. The van der Waals surface area contributed by atoms with E-state index in [1.807, 2.05) is 27.0 Å². The van der Waals surface area contributed by atoms with Crippen molar-refractivity contribution in [2.24, 2.45) is 0 Å². The first-order valence-electron chi connectivity index (χ1n) is 7.88. The molecule has 0 spiro atoms. The molecule has 0 aliphatic carbocycles. The number of halogens is 2. The molecule has 1 amide bonds. The van der Waals surface area contributed by atoms with Gasteiger partial charge in [0, 0.05) is 18.3 Å². The fourth-order valence-corrected chi connectivity index (χ4v) is 1.79. The molecule has 0 saturated carbocycles. The van der Waals surface area contributed by atoms with Crippen LogP contribution < -0.4 is 10.6 Å². The van der Waals surface area contributed by atoms with Crippen molar-refractivity contribution in [3.05, 3.63) is 18.0 Å². The van der Waals surface area contributed by atoms with Gasteiger partial charge in [0.2, 0.25) is 0 Å². The highest BCUT2D eigenvalue weighted by Gasteiger charge is 2.30. The number of alkyl halides is 2. The number of amides is 1. The van der Waals surface area contributed by atoms with E-state index < -0.39 is 30.7 Å². The lowest BCUT2D eigenvalue weighted by Gasteiger charge is -2.22. The van der Waals surface area contributed by atoms with E-state index in [-0.39, 0.29) is 12.1 Å². The van der Waals surface area contributed by atoms with E-state index in [0.29, 0.717) is 0 Å². The van der Waals surface area contributed by atoms with Crippen molar-refractivity contribution in [2.75, 3.05) is 13.1 Å². The summed E-state index contributed by atoms with van der Waals surface area (Å²) in [5.74, 6) is -3.07. The smallest absolute Gasteiger partial charge is 0.407 e. The fourth-order valence-electron chi connectivity index (χ4n) is 1.79. The Labute approximate surface area is 141 Å². The van der Waals surface area contributed by atoms with Crippen molar-refractivity contribution in [1.82, 2.24) is 20.4 Å². The standard InChI is InChI=1S/C16H28F2N4O2/c1-14(2,3)22-9-12(8-21-22)7-19-10-16(17,18)11-20-13(23)24-15(4,5)6/h8-9,19H,7,10-11H2,1-6H3,(H,20,23). The molecule has 0 aliphatic heterocycles. The number of ether oxygens (including phenoxy) is 1. The summed E-state index contributed by atoms with van der Waals surface area (Å²) in [6, 6.07) is 0. The molecular formula is C16H28F2N4O2. The van der Waals surface area contributed by atoms with Gasteiger partial charge in [0.15, 0.2) is 0 Å². The molecule has 24 heavy (non-hydrogen) atoms. The van der Waals surface area contributed by atoms with Crippen LogP contribution in [0.15, 0.2) is 12.4 Å². The molecule has 0 bridgehead atoms. The normalized spacial score (nSPS) is 13.0. The van der Waals surface area contributed by atoms with Gasteiger partial charge in [-0.25, -0.2) is 13.6 Å². The van der Waals surface area contributed by atoms with Gasteiger partial charge in [-0.2, -0.15) is 5.10 Å². The van der Waals surface area contributed by atoms with Gasteiger partial charge in [0.1, 0.15) is 5.60 Å². The molecule has 2 N–H and O–H groups in total. The average molecular weight is 346 g/mol. The number of hydrogen-bond acceptors (Lipinski definition) is 4. The third kappa shape index (κ3) is 7.72. The van der Waals surface area contributed by atoms with Crippen molar-refractivity contribution in [1.29, 1.82) is 0 Å². The first-order chi connectivity index (χ1) is 10.8. The maximum atomic E-state index is 13.8. The second-order valence-corrected chi connectivity index (χ2v) is 7.78. The minimum absolute atomic E-state index is 0.153. The predicted molar refractivity (Wildman–Crippen MR) is 88.1 cm³/mol. The van der Waals surface area contributed by atoms with Gasteiger partial charge >= 0.3 is 6.09 Å². The molecule has 0 saturated heterocycles. The lowest BCUT2D eigenvalue weighted by atomic mass is 10.1. The lowest BCUT2D eigenvalue weighted by molar-refractivity contribution is -0.00376. The van der Waals surface area contributed by atoms with Crippen LogP contribution in [0, 0.1) is 0 Å². The topological polar surface area (TPSA) is 68.2 Å². The van der Waals surface area contributed by atoms with Gasteiger partial charge < -0.3 is 15.4 Å².